The van der Waals surface area contributed by atoms with Crippen molar-refractivity contribution in [3.63, 3.8) is 0 Å². The van der Waals surface area contributed by atoms with Crippen molar-refractivity contribution in [3.05, 3.63) is 23.5 Å². The van der Waals surface area contributed by atoms with Crippen molar-refractivity contribution in [3.8, 4) is 5.75 Å². The van der Waals surface area contributed by atoms with Gasteiger partial charge in [0.25, 0.3) is 0 Å². The molecule has 1 aromatic rings. The predicted octanol–water partition coefficient (Wildman–Crippen LogP) is 1.61. The molecule has 0 atom stereocenters. The fraction of sp³-hybridized carbons (Fsp3) is 0.200. The van der Waals surface area contributed by atoms with Crippen LogP contribution in [0.4, 0.5) is 10.1 Å². The molecule has 15 heavy (non-hydrogen) atoms. The molecule has 0 heterocycles. The van der Waals surface area contributed by atoms with Gasteiger partial charge in [-0.25, -0.2) is 4.39 Å². The second-order valence-corrected chi connectivity index (χ2v) is 2.84. The van der Waals surface area contributed by atoms with E-state index in [0.717, 1.165) is 6.07 Å². The highest BCUT2D eigenvalue weighted by Crippen LogP contribution is 2.30. The highest BCUT2D eigenvalue weighted by atomic mass is 19.1. The molecule has 80 valence electrons. The lowest BCUT2D eigenvalue weighted by Gasteiger charge is -2.11. The minimum atomic E-state index is -0.646. The summed E-state index contributed by atoms with van der Waals surface area (Å²) in [5.41, 5.74) is 0.0669. The Morgan fingerprint density at radius 2 is 2.20 bits per heavy atom. The van der Waals surface area contributed by atoms with Gasteiger partial charge in [-0.05, 0) is 12.1 Å². The molecule has 0 fully saturated rings. The number of carbonyl (C=O) groups excluding carboxylic acids is 2. The topological polar surface area (TPSA) is 55.4 Å². The smallest absolute Gasteiger partial charge is 0.221 e. The highest BCUT2D eigenvalue weighted by Gasteiger charge is 2.14. The van der Waals surface area contributed by atoms with E-state index in [1.54, 1.807) is 0 Å². The summed E-state index contributed by atoms with van der Waals surface area (Å²) in [7, 11) is 1.30. The molecule has 5 heteroatoms. The van der Waals surface area contributed by atoms with Gasteiger partial charge >= 0.3 is 0 Å². The van der Waals surface area contributed by atoms with Gasteiger partial charge in [-0.15, -0.1) is 0 Å². The maximum Gasteiger partial charge on any atom is 0.221 e. The van der Waals surface area contributed by atoms with Crippen molar-refractivity contribution in [1.29, 1.82) is 0 Å². The van der Waals surface area contributed by atoms with E-state index in [-0.39, 0.29) is 17.0 Å². The lowest BCUT2D eigenvalue weighted by molar-refractivity contribution is -0.114. The number of carbonyl (C=O) groups is 2. The maximum absolute atomic E-state index is 13.3. The number of aldehydes is 1. The van der Waals surface area contributed by atoms with Crippen LogP contribution in [0.15, 0.2) is 12.1 Å². The molecule has 0 saturated heterocycles. The molecule has 1 N–H and O–H groups in total. The van der Waals surface area contributed by atoms with Crippen LogP contribution < -0.4 is 10.1 Å². The van der Waals surface area contributed by atoms with Gasteiger partial charge in [0.05, 0.1) is 12.7 Å². The molecule has 1 aromatic carbocycles. The molecule has 0 aliphatic rings. The quantitative estimate of drug-likeness (QED) is 0.772. The Bertz CT molecular complexity index is 404. The monoisotopic (exact) mass is 211 g/mol. The summed E-state index contributed by atoms with van der Waals surface area (Å²) in [6.45, 7) is 1.24. The number of amides is 1. The minimum absolute atomic E-state index is 0.0280. The van der Waals surface area contributed by atoms with Gasteiger partial charge < -0.3 is 10.1 Å². The number of hydrogen-bond donors (Lipinski definition) is 1. The second kappa shape index (κ2) is 4.54. The molecule has 4 nitrogen and oxygen atoms in total. The van der Waals surface area contributed by atoms with Gasteiger partial charge in [-0.3, -0.25) is 9.59 Å². The summed E-state index contributed by atoms with van der Waals surface area (Å²) < 4.78 is 18.2. The number of nitrogens with one attached hydrogen (secondary N) is 1. The first-order valence-corrected chi connectivity index (χ1v) is 4.19. The van der Waals surface area contributed by atoms with Gasteiger partial charge in [0.15, 0.2) is 17.9 Å². The third-order valence-corrected chi connectivity index (χ3v) is 1.77. The molecule has 0 unspecified atom stereocenters. The largest absolute Gasteiger partial charge is 0.494 e. The van der Waals surface area contributed by atoms with Crippen LogP contribution in [0.5, 0.6) is 5.75 Å². The molecule has 0 aliphatic carbocycles. The Morgan fingerprint density at radius 1 is 1.53 bits per heavy atom. The van der Waals surface area contributed by atoms with Crippen LogP contribution in [-0.4, -0.2) is 19.3 Å². The average molecular weight is 211 g/mol. The zero-order valence-electron chi connectivity index (χ0n) is 8.33. The molecule has 0 bridgehead atoms. The maximum atomic E-state index is 13.3. The van der Waals surface area contributed by atoms with Crippen molar-refractivity contribution >= 4 is 17.9 Å². The Labute approximate surface area is 86.0 Å². The molecule has 0 aromatic heterocycles. The Morgan fingerprint density at radius 3 is 2.67 bits per heavy atom. The number of anilines is 1. The van der Waals surface area contributed by atoms with Crippen molar-refractivity contribution in [1.82, 2.24) is 0 Å². The van der Waals surface area contributed by atoms with Crippen LogP contribution in [0.25, 0.3) is 0 Å². The third-order valence-electron chi connectivity index (χ3n) is 1.77. The zero-order valence-corrected chi connectivity index (χ0v) is 8.33. The van der Waals surface area contributed by atoms with E-state index >= 15 is 0 Å². The normalized spacial score (nSPS) is 9.53. The Kier molecular flexibility index (Phi) is 3.38. The number of hydrogen-bond acceptors (Lipinski definition) is 3. The van der Waals surface area contributed by atoms with E-state index < -0.39 is 11.7 Å². The summed E-state index contributed by atoms with van der Waals surface area (Å²) in [6, 6.07) is 2.38. The third kappa shape index (κ3) is 2.31. The molecule has 1 rings (SSSR count). The number of benzene rings is 1. The van der Waals surface area contributed by atoms with Crippen molar-refractivity contribution in [2.45, 2.75) is 6.92 Å². The van der Waals surface area contributed by atoms with Gasteiger partial charge in [0.2, 0.25) is 5.91 Å². The van der Waals surface area contributed by atoms with E-state index in [9.17, 15) is 14.0 Å². The fourth-order valence-corrected chi connectivity index (χ4v) is 1.18. The summed E-state index contributed by atoms with van der Waals surface area (Å²) in [4.78, 5) is 21.4. The van der Waals surface area contributed by atoms with Crippen LogP contribution in [0.2, 0.25) is 0 Å². The first kappa shape index (κ1) is 11.2. The predicted molar refractivity (Wildman–Crippen MR) is 52.6 cm³/mol. The number of rotatable bonds is 3. The van der Waals surface area contributed by atoms with Crippen LogP contribution >= 0.6 is 0 Å². The lowest BCUT2D eigenvalue weighted by atomic mass is 10.1. The van der Waals surface area contributed by atoms with E-state index in [0.29, 0.717) is 6.29 Å². The van der Waals surface area contributed by atoms with Crippen LogP contribution in [0, 0.1) is 5.82 Å². The second-order valence-electron chi connectivity index (χ2n) is 2.84. The van der Waals surface area contributed by atoms with Crippen molar-refractivity contribution in [2.75, 3.05) is 12.4 Å². The van der Waals surface area contributed by atoms with E-state index in [4.69, 9.17) is 4.74 Å². The molecule has 1 amide bonds. The summed E-state index contributed by atoms with van der Waals surface area (Å²) in [5.74, 6) is -1.05. The summed E-state index contributed by atoms with van der Waals surface area (Å²) >= 11 is 0. The SMILES string of the molecule is COc1c(C=O)ccc(F)c1NC(C)=O. The number of halogens is 1. The average Bonchev–Trinajstić information content (AvgIpc) is 2.20. The number of ether oxygens (including phenoxy) is 1. The van der Waals surface area contributed by atoms with E-state index in [1.807, 2.05) is 0 Å². The van der Waals surface area contributed by atoms with Crippen molar-refractivity contribution < 1.29 is 18.7 Å². The molecule has 0 radical (unpaired) electrons. The first-order valence-electron chi connectivity index (χ1n) is 4.19. The van der Waals surface area contributed by atoms with Gasteiger partial charge in [-0.1, -0.05) is 0 Å². The number of methoxy groups -OCH3 is 1. The minimum Gasteiger partial charge on any atom is -0.494 e. The summed E-state index contributed by atoms with van der Waals surface area (Å²) in [6.07, 6.45) is 0.531. The lowest BCUT2D eigenvalue weighted by Crippen LogP contribution is -2.10. The summed E-state index contributed by atoms with van der Waals surface area (Å²) in [5, 5.41) is 2.27. The fourth-order valence-electron chi connectivity index (χ4n) is 1.18. The van der Waals surface area contributed by atoms with Crippen molar-refractivity contribution in [2.24, 2.45) is 0 Å². The Balaban J connectivity index is 3.31. The Hall–Kier alpha value is -1.91. The van der Waals surface area contributed by atoms with E-state index in [1.165, 1.54) is 20.1 Å². The molecular weight excluding hydrogens is 201 g/mol. The molecule has 0 aliphatic heterocycles. The zero-order chi connectivity index (χ0) is 11.4. The molecular formula is C10H10FNO3. The highest BCUT2D eigenvalue weighted by molar-refractivity contribution is 5.93. The van der Waals surface area contributed by atoms with Gasteiger partial charge in [0.1, 0.15) is 5.69 Å². The molecule has 0 saturated carbocycles. The van der Waals surface area contributed by atoms with Gasteiger partial charge in [-0.2, -0.15) is 0 Å². The molecule has 0 spiro atoms. The van der Waals surface area contributed by atoms with Crippen LogP contribution in [-0.2, 0) is 4.79 Å². The van der Waals surface area contributed by atoms with Crippen LogP contribution in [0.3, 0.4) is 0 Å². The van der Waals surface area contributed by atoms with Crippen LogP contribution in [0.1, 0.15) is 17.3 Å². The first-order chi connectivity index (χ1) is 7.10. The van der Waals surface area contributed by atoms with Gasteiger partial charge in [0, 0.05) is 6.92 Å². The standard InChI is InChI=1S/C10H10FNO3/c1-6(14)12-9-8(11)4-3-7(5-13)10(9)15-2/h3-5H,1-2H3,(H,12,14). The van der Waals surface area contributed by atoms with E-state index in [2.05, 4.69) is 5.32 Å².